The number of ether oxygens (including phenoxy) is 1. The highest BCUT2D eigenvalue weighted by molar-refractivity contribution is 8.00. The highest BCUT2D eigenvalue weighted by Crippen LogP contribution is 2.35. The van der Waals surface area contributed by atoms with Gasteiger partial charge in [-0.05, 0) is 55.0 Å². The number of benzene rings is 3. The zero-order valence-electron chi connectivity index (χ0n) is 23.1. The van der Waals surface area contributed by atoms with Crippen molar-refractivity contribution in [3.8, 4) is 34.2 Å². The van der Waals surface area contributed by atoms with Crippen LogP contribution in [-0.2, 0) is 14.8 Å². The van der Waals surface area contributed by atoms with Crippen molar-refractivity contribution in [1.82, 2.24) is 10.1 Å². The van der Waals surface area contributed by atoms with E-state index in [-0.39, 0.29) is 22.4 Å². The third kappa shape index (κ3) is 7.03. The van der Waals surface area contributed by atoms with Gasteiger partial charge in [-0.25, -0.2) is 13.4 Å². The standard InChI is InChI=1S/C31H25N5O5S2/c1-20-16-29(35-41-20)36-43(38,39)25-14-10-23(11-15-25)33-30(37)19-42-31-27(18-32)26(21-8-12-24(40-2)13-9-21)17-28(34-31)22-6-4-3-5-7-22/h3-17H,19H2,1-2H3,(H,33,37)(H,35,36). The van der Waals surface area contributed by atoms with E-state index in [0.717, 1.165) is 22.9 Å². The number of pyridine rings is 1. The fourth-order valence-electron chi connectivity index (χ4n) is 4.15. The van der Waals surface area contributed by atoms with Crippen LogP contribution in [0, 0.1) is 18.3 Å². The summed E-state index contributed by atoms with van der Waals surface area (Å²) in [5.41, 5.74) is 3.80. The molecule has 0 saturated carbocycles. The monoisotopic (exact) mass is 611 g/mol. The fraction of sp³-hybridized carbons (Fsp3) is 0.0968. The molecule has 0 aliphatic rings. The SMILES string of the molecule is COc1ccc(-c2cc(-c3ccccc3)nc(SCC(=O)Nc3ccc(S(=O)(=O)Nc4cc(C)on4)cc3)c2C#N)cc1. The number of sulfonamides is 1. The van der Waals surface area contributed by atoms with Crippen molar-refractivity contribution in [2.75, 3.05) is 22.9 Å². The summed E-state index contributed by atoms with van der Waals surface area (Å²) in [5, 5.41) is 16.9. The summed E-state index contributed by atoms with van der Waals surface area (Å²) in [5.74, 6) is 0.851. The van der Waals surface area contributed by atoms with E-state index in [1.807, 2.05) is 60.7 Å². The van der Waals surface area contributed by atoms with Gasteiger partial charge in [0.05, 0.1) is 29.0 Å². The van der Waals surface area contributed by atoms with Crippen LogP contribution in [0.4, 0.5) is 11.5 Å². The van der Waals surface area contributed by atoms with Crippen LogP contribution >= 0.6 is 11.8 Å². The summed E-state index contributed by atoms with van der Waals surface area (Å²) < 4.78 is 37.8. The Morgan fingerprint density at radius 3 is 2.35 bits per heavy atom. The van der Waals surface area contributed by atoms with E-state index < -0.39 is 10.0 Å². The molecular formula is C31H25N5O5S2. The largest absolute Gasteiger partial charge is 0.497 e. The second-order valence-electron chi connectivity index (χ2n) is 9.23. The van der Waals surface area contributed by atoms with Gasteiger partial charge in [-0.15, -0.1) is 0 Å². The third-order valence-electron chi connectivity index (χ3n) is 6.22. The summed E-state index contributed by atoms with van der Waals surface area (Å²) in [6.07, 6.45) is 0. The number of methoxy groups -OCH3 is 1. The molecule has 10 nitrogen and oxygen atoms in total. The number of nitriles is 1. The summed E-state index contributed by atoms with van der Waals surface area (Å²) >= 11 is 1.14. The number of aryl methyl sites for hydroxylation is 1. The second kappa shape index (κ2) is 12.8. The van der Waals surface area contributed by atoms with Gasteiger partial charge in [-0.1, -0.05) is 59.4 Å². The topological polar surface area (TPSA) is 147 Å². The van der Waals surface area contributed by atoms with E-state index in [9.17, 15) is 18.5 Å². The predicted molar refractivity (Wildman–Crippen MR) is 164 cm³/mol. The molecule has 5 rings (SSSR count). The van der Waals surface area contributed by atoms with Gasteiger partial charge in [0.2, 0.25) is 5.91 Å². The first-order valence-electron chi connectivity index (χ1n) is 12.9. The van der Waals surface area contributed by atoms with Crippen LogP contribution in [0.5, 0.6) is 5.75 Å². The fourth-order valence-corrected chi connectivity index (χ4v) is 5.94. The first kappa shape index (κ1) is 29.4. The average molecular weight is 612 g/mol. The first-order valence-corrected chi connectivity index (χ1v) is 15.4. The first-order chi connectivity index (χ1) is 20.8. The highest BCUT2D eigenvalue weighted by atomic mass is 32.2. The Morgan fingerprint density at radius 2 is 1.72 bits per heavy atom. The van der Waals surface area contributed by atoms with Crippen LogP contribution < -0.4 is 14.8 Å². The molecule has 43 heavy (non-hydrogen) atoms. The van der Waals surface area contributed by atoms with E-state index in [1.165, 1.54) is 30.3 Å². The average Bonchev–Trinajstić information content (AvgIpc) is 3.43. The molecule has 12 heteroatoms. The molecule has 0 aliphatic carbocycles. The highest BCUT2D eigenvalue weighted by Gasteiger charge is 2.19. The molecule has 0 atom stereocenters. The predicted octanol–water partition coefficient (Wildman–Crippen LogP) is 6.12. The molecule has 3 aromatic carbocycles. The van der Waals surface area contributed by atoms with E-state index >= 15 is 0 Å². The maximum atomic E-state index is 12.9. The number of thioether (sulfide) groups is 1. The summed E-state index contributed by atoms with van der Waals surface area (Å²) in [6.45, 7) is 1.65. The van der Waals surface area contributed by atoms with Crippen molar-refractivity contribution < 1.29 is 22.5 Å². The van der Waals surface area contributed by atoms with Gasteiger partial charge in [-0.3, -0.25) is 9.52 Å². The molecule has 0 bridgehead atoms. The second-order valence-corrected chi connectivity index (χ2v) is 11.9. The quantitative estimate of drug-likeness (QED) is 0.178. The van der Waals surface area contributed by atoms with Crippen LogP contribution in [0.2, 0.25) is 0 Å². The molecule has 1 amide bonds. The lowest BCUT2D eigenvalue weighted by Gasteiger charge is -2.13. The van der Waals surface area contributed by atoms with Crippen LogP contribution in [0.1, 0.15) is 11.3 Å². The number of amides is 1. The molecule has 2 heterocycles. The van der Waals surface area contributed by atoms with Crippen molar-refractivity contribution in [3.63, 3.8) is 0 Å². The van der Waals surface area contributed by atoms with E-state index in [2.05, 4.69) is 21.3 Å². The maximum Gasteiger partial charge on any atom is 0.263 e. The number of anilines is 2. The van der Waals surface area contributed by atoms with Gasteiger partial charge in [-0.2, -0.15) is 5.26 Å². The zero-order valence-corrected chi connectivity index (χ0v) is 24.7. The molecule has 0 aliphatic heterocycles. The molecular weight excluding hydrogens is 587 g/mol. The molecule has 0 saturated heterocycles. The summed E-state index contributed by atoms with van der Waals surface area (Å²) in [6, 6.07) is 28.3. The van der Waals surface area contributed by atoms with Crippen molar-refractivity contribution >= 4 is 39.2 Å². The molecule has 0 fully saturated rings. The number of hydrogen-bond acceptors (Lipinski definition) is 9. The van der Waals surface area contributed by atoms with Crippen molar-refractivity contribution in [1.29, 1.82) is 5.26 Å². The number of nitrogens with zero attached hydrogens (tertiary/aromatic N) is 3. The van der Waals surface area contributed by atoms with Gasteiger partial charge in [0.25, 0.3) is 10.0 Å². The Kier molecular flexibility index (Phi) is 8.75. The van der Waals surface area contributed by atoms with Gasteiger partial charge in [0.1, 0.15) is 22.6 Å². The molecule has 5 aromatic rings. The lowest BCUT2D eigenvalue weighted by molar-refractivity contribution is -0.113. The van der Waals surface area contributed by atoms with Gasteiger partial charge in [0, 0.05) is 22.9 Å². The Morgan fingerprint density at radius 1 is 1.00 bits per heavy atom. The minimum absolute atomic E-state index is 0.00724. The number of rotatable bonds is 10. The molecule has 216 valence electrons. The lowest BCUT2D eigenvalue weighted by atomic mass is 9.99. The maximum absolute atomic E-state index is 12.9. The van der Waals surface area contributed by atoms with Crippen LogP contribution in [0.25, 0.3) is 22.4 Å². The number of carbonyl (C=O) groups is 1. The molecule has 0 spiro atoms. The van der Waals surface area contributed by atoms with Crippen molar-refractivity contribution in [2.45, 2.75) is 16.8 Å². The third-order valence-corrected chi connectivity index (χ3v) is 8.57. The van der Waals surface area contributed by atoms with Gasteiger partial charge in [0.15, 0.2) is 5.82 Å². The molecule has 2 N–H and O–H groups in total. The normalized spacial score (nSPS) is 11.0. The Balaban J connectivity index is 1.34. The van der Waals surface area contributed by atoms with E-state index in [0.29, 0.717) is 39.0 Å². The summed E-state index contributed by atoms with van der Waals surface area (Å²) in [7, 11) is -2.30. The molecule has 0 unspecified atom stereocenters. The van der Waals surface area contributed by atoms with E-state index in [1.54, 1.807) is 14.0 Å². The van der Waals surface area contributed by atoms with Gasteiger partial charge >= 0.3 is 0 Å². The van der Waals surface area contributed by atoms with Crippen LogP contribution in [-0.4, -0.2) is 37.3 Å². The van der Waals surface area contributed by atoms with Crippen LogP contribution in [0.3, 0.4) is 0 Å². The minimum Gasteiger partial charge on any atom is -0.497 e. The Labute approximate surface area is 252 Å². The minimum atomic E-state index is -3.89. The lowest BCUT2D eigenvalue weighted by Crippen LogP contribution is -2.15. The van der Waals surface area contributed by atoms with Gasteiger partial charge < -0.3 is 14.6 Å². The van der Waals surface area contributed by atoms with E-state index in [4.69, 9.17) is 14.2 Å². The Hall–Kier alpha value is -5.12. The number of nitrogens with one attached hydrogen (secondary N) is 2. The summed E-state index contributed by atoms with van der Waals surface area (Å²) in [4.78, 5) is 17.6. The molecule has 2 aromatic heterocycles. The number of aromatic nitrogens is 2. The Bertz CT molecular complexity index is 1900. The number of hydrogen-bond donors (Lipinski definition) is 2. The molecule has 0 radical (unpaired) electrons. The van der Waals surface area contributed by atoms with Crippen LogP contribution in [0.15, 0.2) is 105 Å². The smallest absolute Gasteiger partial charge is 0.263 e. The van der Waals surface area contributed by atoms with Crippen molar-refractivity contribution in [2.24, 2.45) is 0 Å². The zero-order chi connectivity index (χ0) is 30.4. The number of carbonyl (C=O) groups excluding carboxylic acids is 1. The van der Waals surface area contributed by atoms with Crippen molar-refractivity contribution in [3.05, 3.63) is 102 Å².